The van der Waals surface area contributed by atoms with E-state index in [0.717, 1.165) is 55.8 Å². The summed E-state index contributed by atoms with van der Waals surface area (Å²) in [6, 6.07) is 2.04. The first-order valence-electron chi connectivity index (χ1n) is 15.5. The molecule has 12 heteroatoms. The molecule has 1 aliphatic carbocycles. The van der Waals surface area contributed by atoms with E-state index in [2.05, 4.69) is 28.7 Å². The van der Waals surface area contributed by atoms with Gasteiger partial charge in [0.2, 0.25) is 5.91 Å². The Hall–Kier alpha value is -2.59. The fraction of sp³-hybridized carbons (Fsp3) is 0.531. The monoisotopic (exact) mass is 662 g/mol. The number of nitrogens with zero attached hydrogens (tertiary/aromatic N) is 5. The van der Waals surface area contributed by atoms with Gasteiger partial charge >= 0.3 is 6.02 Å². The molecule has 1 unspecified atom stereocenters. The highest BCUT2D eigenvalue weighted by Crippen LogP contribution is 2.50. The van der Waals surface area contributed by atoms with Gasteiger partial charge in [-0.3, -0.25) is 4.79 Å². The third kappa shape index (κ3) is 6.13. The number of carbonyl (C=O) groups is 1. The van der Waals surface area contributed by atoms with E-state index < -0.39 is 5.82 Å². The molecule has 0 bridgehead atoms. The van der Waals surface area contributed by atoms with Crippen LogP contribution < -0.4 is 5.32 Å². The highest BCUT2D eigenvalue weighted by atomic mass is 35.5. The smallest absolute Gasteiger partial charge is 0.318 e. The summed E-state index contributed by atoms with van der Waals surface area (Å²) in [4.78, 5) is 28.6. The van der Waals surface area contributed by atoms with Crippen LogP contribution in [0.25, 0.3) is 5.57 Å². The van der Waals surface area contributed by atoms with Gasteiger partial charge < -0.3 is 24.8 Å². The molecule has 0 spiro atoms. The summed E-state index contributed by atoms with van der Waals surface area (Å²) in [6.45, 7) is 8.15. The number of allylic oxidation sites excluding steroid dienone is 3. The number of likely N-dealkylation sites (N-methyl/N-ethyl adjacent to an activating group) is 1. The summed E-state index contributed by atoms with van der Waals surface area (Å²) < 4.78 is 22.3. The van der Waals surface area contributed by atoms with E-state index in [1.54, 1.807) is 4.90 Å². The third-order valence-electron chi connectivity index (χ3n) is 9.33. The van der Waals surface area contributed by atoms with Gasteiger partial charge in [-0.05, 0) is 69.8 Å². The van der Waals surface area contributed by atoms with Crippen molar-refractivity contribution in [2.45, 2.75) is 51.0 Å². The second kappa shape index (κ2) is 13.4. The molecule has 6 rings (SSSR count). The summed E-state index contributed by atoms with van der Waals surface area (Å²) in [5.41, 5.74) is 3.07. The number of fused-ring (bicyclic) bond motifs is 4. The van der Waals surface area contributed by atoms with Crippen molar-refractivity contribution < 1.29 is 13.9 Å². The first-order valence-corrected chi connectivity index (χ1v) is 16.6. The quantitative estimate of drug-likeness (QED) is 0.293. The van der Waals surface area contributed by atoms with Gasteiger partial charge in [0.1, 0.15) is 12.4 Å². The molecular weight excluding hydrogens is 626 g/mol. The molecule has 1 aromatic rings. The Labute approximate surface area is 273 Å². The van der Waals surface area contributed by atoms with Crippen LogP contribution >= 0.6 is 34.8 Å². The van der Waals surface area contributed by atoms with Crippen LogP contribution in [0.1, 0.15) is 50.5 Å². The van der Waals surface area contributed by atoms with Crippen molar-refractivity contribution in [1.82, 2.24) is 14.7 Å². The number of hydrogen-bond acceptors (Lipinski definition) is 7. The summed E-state index contributed by atoms with van der Waals surface area (Å²) in [6.07, 6.45) is 7.38. The molecule has 44 heavy (non-hydrogen) atoms. The van der Waals surface area contributed by atoms with Crippen LogP contribution in [0.4, 0.5) is 10.1 Å². The molecule has 4 aliphatic heterocycles. The van der Waals surface area contributed by atoms with E-state index in [0.29, 0.717) is 91.1 Å². The molecule has 2 atom stereocenters. The Morgan fingerprint density at radius 3 is 2.64 bits per heavy atom. The third-order valence-corrected chi connectivity index (χ3v) is 10.2. The van der Waals surface area contributed by atoms with Gasteiger partial charge in [-0.25, -0.2) is 4.39 Å². The van der Waals surface area contributed by atoms with E-state index in [4.69, 9.17) is 49.5 Å². The van der Waals surface area contributed by atoms with Crippen molar-refractivity contribution in [2.75, 3.05) is 58.2 Å². The number of rotatable bonds is 3. The zero-order valence-corrected chi connectivity index (χ0v) is 27.2. The number of amidine groups is 2. The molecule has 2 fully saturated rings. The number of hydrogen-bond donors (Lipinski definition) is 1. The molecule has 1 N–H and O–H groups in total. The predicted octanol–water partition coefficient (Wildman–Crippen LogP) is 6.55. The molecule has 8 nitrogen and oxygen atoms in total. The summed E-state index contributed by atoms with van der Waals surface area (Å²) in [5, 5.41) is 4.17. The number of benzene rings is 1. The van der Waals surface area contributed by atoms with Crippen LogP contribution in [0, 0.1) is 11.7 Å². The standard InChI is InChI=1S/C32H38Cl3FN6O2/c1-3-25(43)41-12-14-42(15-13-41)31-21-16-22(33)26-20(29(21)38-32(39-31)44-18-19-8-7-11-40(19)2)9-5-4-6-10-37-30-24(35)17-23(34)28(36)27(26)30/h3,17,19,21,37H,1,4-16,18H2,2H3/t19-,21?/m0/s1. The van der Waals surface area contributed by atoms with Crippen LogP contribution in [0.15, 0.2) is 45.0 Å². The minimum absolute atomic E-state index is 0.0536. The molecule has 0 radical (unpaired) electrons. The Bertz CT molecular complexity index is 1470. The SMILES string of the molecule is C=CC(=O)N1CCN(C2=NC(OC[C@@H]3CCCN3C)=NC3=C4CCCCCNc5c(Cl)cc(Cl)c(F)c5C4=C(Cl)CC23)CC1. The van der Waals surface area contributed by atoms with E-state index in [-0.39, 0.29) is 16.8 Å². The van der Waals surface area contributed by atoms with Crippen molar-refractivity contribution in [3.63, 3.8) is 0 Å². The maximum atomic E-state index is 16.0. The maximum Gasteiger partial charge on any atom is 0.318 e. The highest BCUT2D eigenvalue weighted by Gasteiger charge is 2.40. The lowest BCUT2D eigenvalue weighted by Crippen LogP contribution is -2.52. The molecule has 0 saturated carbocycles. The number of halogens is 4. The topological polar surface area (TPSA) is 72.8 Å². The molecule has 236 valence electrons. The predicted molar refractivity (Wildman–Crippen MR) is 176 cm³/mol. The van der Waals surface area contributed by atoms with Gasteiger partial charge in [-0.15, -0.1) is 0 Å². The van der Waals surface area contributed by atoms with Crippen molar-refractivity contribution in [3.8, 4) is 0 Å². The number of likely N-dealkylation sites (tertiary alicyclic amines) is 1. The highest BCUT2D eigenvalue weighted by molar-refractivity contribution is 6.38. The zero-order chi connectivity index (χ0) is 31.0. The van der Waals surface area contributed by atoms with E-state index in [1.165, 1.54) is 12.1 Å². The van der Waals surface area contributed by atoms with Gasteiger partial charge in [-0.1, -0.05) is 47.8 Å². The van der Waals surface area contributed by atoms with Crippen molar-refractivity contribution in [2.24, 2.45) is 15.9 Å². The summed E-state index contributed by atoms with van der Waals surface area (Å²) in [7, 11) is 2.11. The maximum absolute atomic E-state index is 16.0. The average Bonchev–Trinajstić information content (AvgIpc) is 3.44. The minimum atomic E-state index is -0.554. The number of aliphatic imine (C=N–C) groups is 2. The summed E-state index contributed by atoms with van der Waals surface area (Å²) in [5.74, 6) is -0.0475. The molecule has 2 saturated heterocycles. The Kier molecular flexibility index (Phi) is 9.57. The fourth-order valence-electron chi connectivity index (χ4n) is 6.90. The number of amides is 1. The molecule has 4 heterocycles. The van der Waals surface area contributed by atoms with Crippen LogP contribution in [-0.4, -0.2) is 91.4 Å². The van der Waals surface area contributed by atoms with Gasteiger partial charge in [0.15, 0.2) is 5.82 Å². The Morgan fingerprint density at radius 2 is 1.91 bits per heavy atom. The van der Waals surface area contributed by atoms with Crippen LogP contribution in [-0.2, 0) is 9.53 Å². The normalized spacial score (nSPS) is 24.6. The van der Waals surface area contributed by atoms with Gasteiger partial charge in [-0.2, -0.15) is 9.98 Å². The van der Waals surface area contributed by atoms with E-state index >= 15 is 4.39 Å². The second-order valence-corrected chi connectivity index (χ2v) is 13.3. The van der Waals surface area contributed by atoms with Gasteiger partial charge in [0.05, 0.1) is 27.3 Å². The lowest BCUT2D eigenvalue weighted by atomic mass is 9.79. The van der Waals surface area contributed by atoms with Crippen molar-refractivity contribution in [1.29, 1.82) is 0 Å². The fourth-order valence-corrected chi connectivity index (χ4v) is 7.80. The number of piperazine rings is 1. The first kappa shape index (κ1) is 31.4. The Balaban J connectivity index is 1.44. The first-order chi connectivity index (χ1) is 21.3. The van der Waals surface area contributed by atoms with Crippen LogP contribution in [0.2, 0.25) is 10.0 Å². The Morgan fingerprint density at radius 1 is 1.11 bits per heavy atom. The number of carbonyl (C=O) groups excluding carboxylic acids is 1. The molecule has 5 aliphatic rings. The zero-order valence-electron chi connectivity index (χ0n) is 25.0. The summed E-state index contributed by atoms with van der Waals surface area (Å²) >= 11 is 20.2. The molecular formula is C32H38Cl3FN6O2. The molecule has 0 aromatic heterocycles. The van der Waals surface area contributed by atoms with E-state index in [1.807, 2.05) is 0 Å². The molecule has 1 aromatic carbocycles. The lowest BCUT2D eigenvalue weighted by Gasteiger charge is -2.41. The average molecular weight is 664 g/mol. The number of nitrogens with one attached hydrogen (secondary N) is 1. The van der Waals surface area contributed by atoms with Crippen LogP contribution in [0.3, 0.4) is 0 Å². The number of ether oxygens (including phenoxy) is 1. The second-order valence-electron chi connectivity index (χ2n) is 12.0. The number of anilines is 1. The minimum Gasteiger partial charge on any atom is -0.462 e. The van der Waals surface area contributed by atoms with Crippen LogP contribution in [0.5, 0.6) is 0 Å². The largest absolute Gasteiger partial charge is 0.462 e. The van der Waals surface area contributed by atoms with Crippen molar-refractivity contribution >= 4 is 63.8 Å². The lowest BCUT2D eigenvalue weighted by molar-refractivity contribution is -0.127. The van der Waals surface area contributed by atoms with Crippen molar-refractivity contribution in [3.05, 3.63) is 56.4 Å². The van der Waals surface area contributed by atoms with Gasteiger partial charge in [0.25, 0.3) is 0 Å². The van der Waals surface area contributed by atoms with Gasteiger partial charge in [0, 0.05) is 54.9 Å². The van der Waals surface area contributed by atoms with E-state index in [9.17, 15) is 4.79 Å². The molecule has 1 amide bonds.